The number of hydrogen-bond donors (Lipinski definition) is 1. The fourth-order valence-electron chi connectivity index (χ4n) is 6.52. The Morgan fingerprint density at radius 1 is 1.15 bits per heavy atom. The number of benzene rings is 1. The van der Waals surface area contributed by atoms with Crippen molar-refractivity contribution in [1.82, 2.24) is 4.90 Å². The summed E-state index contributed by atoms with van der Waals surface area (Å²) >= 11 is 0. The normalized spacial score (nSPS) is 31.1. The van der Waals surface area contributed by atoms with Crippen LogP contribution in [0.5, 0.6) is 5.75 Å². The van der Waals surface area contributed by atoms with Crippen molar-refractivity contribution in [2.45, 2.75) is 90.4 Å². The lowest BCUT2D eigenvalue weighted by molar-refractivity contribution is -0.176. The fourth-order valence-corrected chi connectivity index (χ4v) is 6.52. The molecule has 5 atom stereocenters. The second-order valence-electron chi connectivity index (χ2n) is 11.9. The molecule has 3 aliphatic rings. The van der Waals surface area contributed by atoms with Gasteiger partial charge in [0.25, 0.3) is 0 Å². The number of amides is 2. The van der Waals surface area contributed by atoms with E-state index in [9.17, 15) is 9.59 Å². The first-order chi connectivity index (χ1) is 16.0. The number of nitrogens with zero attached hydrogens (tertiary/aromatic N) is 1. The third-order valence-electron chi connectivity index (χ3n) is 8.30. The highest BCUT2D eigenvalue weighted by Gasteiger charge is 2.55. The number of primary amides is 1. The first kappa shape index (κ1) is 25.0. The lowest BCUT2D eigenvalue weighted by atomic mass is 9.72. The van der Waals surface area contributed by atoms with Crippen LogP contribution in [0.15, 0.2) is 24.3 Å². The number of para-hydroxylation sites is 1. The molecule has 3 heterocycles. The monoisotopic (exact) mass is 470 g/mol. The number of rotatable bonds is 8. The predicted molar refractivity (Wildman–Crippen MR) is 132 cm³/mol. The van der Waals surface area contributed by atoms with Gasteiger partial charge in [-0.05, 0) is 75.8 Å². The maximum absolute atomic E-state index is 13.7. The molecule has 0 saturated carbocycles. The van der Waals surface area contributed by atoms with Crippen molar-refractivity contribution >= 4 is 11.8 Å². The Bertz CT molecular complexity index is 913. The van der Waals surface area contributed by atoms with Gasteiger partial charge in [0, 0.05) is 25.5 Å². The van der Waals surface area contributed by atoms with Gasteiger partial charge in [-0.25, -0.2) is 0 Å². The summed E-state index contributed by atoms with van der Waals surface area (Å²) in [5.74, 6) is 0.677. The van der Waals surface area contributed by atoms with E-state index in [2.05, 4.69) is 27.7 Å². The zero-order chi connectivity index (χ0) is 24.7. The van der Waals surface area contributed by atoms with Crippen molar-refractivity contribution in [2.75, 3.05) is 13.2 Å². The van der Waals surface area contributed by atoms with Gasteiger partial charge in [0.1, 0.15) is 11.7 Å². The molecule has 188 valence electrons. The first-order valence-electron chi connectivity index (χ1n) is 13.0. The zero-order valence-corrected chi connectivity index (χ0v) is 21.5. The van der Waals surface area contributed by atoms with Crippen LogP contribution in [-0.2, 0) is 14.3 Å². The maximum Gasteiger partial charge on any atom is 0.238 e. The minimum absolute atomic E-state index is 0.105. The molecule has 0 spiro atoms. The summed E-state index contributed by atoms with van der Waals surface area (Å²) in [7, 11) is 0. The second-order valence-corrected chi connectivity index (χ2v) is 11.9. The molecule has 1 aromatic rings. The lowest BCUT2D eigenvalue weighted by Crippen LogP contribution is -2.64. The van der Waals surface area contributed by atoms with E-state index < -0.39 is 17.6 Å². The van der Waals surface area contributed by atoms with E-state index in [1.54, 1.807) is 0 Å². The Labute approximate surface area is 204 Å². The molecule has 0 aromatic heterocycles. The van der Waals surface area contributed by atoms with Crippen molar-refractivity contribution in [3.05, 3.63) is 29.8 Å². The fraction of sp³-hybridized carbons (Fsp3) is 0.714. The Morgan fingerprint density at radius 3 is 2.56 bits per heavy atom. The van der Waals surface area contributed by atoms with Crippen molar-refractivity contribution in [1.29, 1.82) is 0 Å². The first-order valence-corrected chi connectivity index (χ1v) is 13.0. The van der Waals surface area contributed by atoms with Crippen molar-refractivity contribution in [3.63, 3.8) is 0 Å². The molecular formula is C28H42N2O4. The van der Waals surface area contributed by atoms with E-state index >= 15 is 0 Å². The van der Waals surface area contributed by atoms with Crippen LogP contribution in [0.2, 0.25) is 0 Å². The van der Waals surface area contributed by atoms with Gasteiger partial charge in [-0.2, -0.15) is 0 Å². The summed E-state index contributed by atoms with van der Waals surface area (Å²) in [5, 5.41) is 0. The second kappa shape index (κ2) is 9.52. The number of ether oxygens (including phenoxy) is 2. The molecule has 0 radical (unpaired) electrons. The Hall–Kier alpha value is -2.08. The van der Waals surface area contributed by atoms with Gasteiger partial charge in [0.15, 0.2) is 5.72 Å². The summed E-state index contributed by atoms with van der Waals surface area (Å²) < 4.78 is 12.4. The largest absolute Gasteiger partial charge is 0.468 e. The number of hydrogen-bond acceptors (Lipinski definition) is 4. The number of likely N-dealkylation sites (tertiary alicyclic amines) is 1. The van der Waals surface area contributed by atoms with E-state index in [1.165, 1.54) is 6.42 Å². The van der Waals surface area contributed by atoms with Gasteiger partial charge in [-0.3, -0.25) is 9.59 Å². The summed E-state index contributed by atoms with van der Waals surface area (Å²) in [6.45, 7) is 12.3. The molecule has 0 aliphatic carbocycles. The summed E-state index contributed by atoms with van der Waals surface area (Å²) in [5.41, 5.74) is 5.84. The SMILES string of the molecule is CC(C)CC[C@H](CCN1C(=O)[C@H](C(N)=O)[C@H]2C[C@@]1(C)Oc1ccccc12)[C@@H]1CCOC(C)(C)C1. The Morgan fingerprint density at radius 2 is 1.88 bits per heavy atom. The van der Waals surface area contributed by atoms with Crippen LogP contribution < -0.4 is 10.5 Å². The van der Waals surface area contributed by atoms with Gasteiger partial charge in [0.05, 0.1) is 5.60 Å². The molecule has 2 amide bonds. The quantitative estimate of drug-likeness (QED) is 0.550. The topological polar surface area (TPSA) is 81.9 Å². The highest BCUT2D eigenvalue weighted by molar-refractivity contribution is 6.01. The molecule has 2 N–H and O–H groups in total. The van der Waals surface area contributed by atoms with Crippen LogP contribution in [0, 0.1) is 23.7 Å². The Kier molecular flexibility index (Phi) is 7.01. The third-order valence-corrected chi connectivity index (χ3v) is 8.30. The highest BCUT2D eigenvalue weighted by Crippen LogP contribution is 2.50. The average Bonchev–Trinajstić information content (AvgIpc) is 2.74. The molecule has 6 heteroatoms. The average molecular weight is 471 g/mol. The van der Waals surface area contributed by atoms with E-state index in [1.807, 2.05) is 36.1 Å². The molecule has 2 saturated heterocycles. The van der Waals surface area contributed by atoms with Crippen LogP contribution in [-0.4, -0.2) is 41.2 Å². The van der Waals surface area contributed by atoms with E-state index in [-0.39, 0.29) is 17.4 Å². The molecule has 3 aliphatic heterocycles. The van der Waals surface area contributed by atoms with E-state index in [0.717, 1.165) is 43.6 Å². The summed E-state index contributed by atoms with van der Waals surface area (Å²) in [6.07, 6.45) is 5.90. The third kappa shape index (κ3) is 4.98. The molecule has 6 nitrogen and oxygen atoms in total. The molecule has 4 rings (SSSR count). The summed E-state index contributed by atoms with van der Waals surface area (Å²) in [4.78, 5) is 28.0. The Balaban J connectivity index is 1.57. The van der Waals surface area contributed by atoms with Crippen molar-refractivity contribution < 1.29 is 19.1 Å². The highest BCUT2D eigenvalue weighted by atomic mass is 16.5. The summed E-state index contributed by atoms with van der Waals surface area (Å²) in [6, 6.07) is 7.74. The maximum atomic E-state index is 13.7. The molecule has 34 heavy (non-hydrogen) atoms. The molecule has 2 fully saturated rings. The van der Waals surface area contributed by atoms with Crippen LogP contribution >= 0.6 is 0 Å². The number of piperidine rings is 1. The number of nitrogens with two attached hydrogens (primary N) is 1. The van der Waals surface area contributed by atoms with Gasteiger partial charge < -0.3 is 20.1 Å². The molecule has 1 aromatic carbocycles. The van der Waals surface area contributed by atoms with E-state index in [0.29, 0.717) is 30.7 Å². The minimum atomic E-state index is -0.839. The van der Waals surface area contributed by atoms with Gasteiger partial charge >= 0.3 is 0 Å². The zero-order valence-electron chi connectivity index (χ0n) is 21.5. The van der Waals surface area contributed by atoms with Crippen LogP contribution in [0.3, 0.4) is 0 Å². The van der Waals surface area contributed by atoms with Crippen LogP contribution in [0.4, 0.5) is 0 Å². The smallest absolute Gasteiger partial charge is 0.238 e. The molecule has 0 unspecified atom stereocenters. The van der Waals surface area contributed by atoms with Gasteiger partial charge in [0.2, 0.25) is 11.8 Å². The van der Waals surface area contributed by atoms with Crippen LogP contribution in [0.25, 0.3) is 0 Å². The van der Waals surface area contributed by atoms with Crippen LogP contribution in [0.1, 0.15) is 84.6 Å². The van der Waals surface area contributed by atoms with Gasteiger partial charge in [-0.15, -0.1) is 0 Å². The standard InChI is InChI=1S/C28H42N2O4/c1-18(2)10-11-19(20-13-15-33-27(3,4)16-20)12-14-30-26(32)24(25(29)31)22-17-28(30,5)34-23-9-7-6-8-21(22)23/h6-9,18-20,22,24H,10-17H2,1-5H3,(H2,29,31)/t19-,20-,22+,24+,28-/m1/s1. The predicted octanol–water partition coefficient (Wildman–Crippen LogP) is 4.86. The van der Waals surface area contributed by atoms with Crippen molar-refractivity contribution in [3.8, 4) is 5.75 Å². The molecular weight excluding hydrogens is 428 g/mol. The van der Waals surface area contributed by atoms with Gasteiger partial charge in [-0.1, -0.05) is 38.5 Å². The number of carbonyl (C=O) groups is 2. The lowest BCUT2D eigenvalue weighted by Gasteiger charge is -2.53. The van der Waals surface area contributed by atoms with Crippen molar-refractivity contribution in [2.24, 2.45) is 29.4 Å². The number of fused-ring (bicyclic) bond motifs is 4. The molecule has 2 bridgehead atoms. The minimum Gasteiger partial charge on any atom is -0.468 e. The number of carbonyl (C=O) groups excluding carboxylic acids is 2. The van der Waals surface area contributed by atoms with E-state index in [4.69, 9.17) is 15.2 Å².